The average molecular weight is 463 g/mol. The Hall–Kier alpha value is -1.63. The van der Waals surface area contributed by atoms with Gasteiger partial charge in [0.25, 0.3) is 0 Å². The van der Waals surface area contributed by atoms with Crippen LogP contribution < -0.4 is 5.73 Å². The van der Waals surface area contributed by atoms with Gasteiger partial charge in [0.05, 0.1) is 26.1 Å². The molecule has 10 nitrogen and oxygen atoms in total. The van der Waals surface area contributed by atoms with E-state index < -0.39 is 13.9 Å². The summed E-state index contributed by atoms with van der Waals surface area (Å²) in [4.78, 5) is 15.3. The van der Waals surface area contributed by atoms with Crippen LogP contribution >= 0.6 is 0 Å². The molecule has 5 heterocycles. The summed E-state index contributed by atoms with van der Waals surface area (Å²) in [6.07, 6.45) is 2.36. The zero-order valence-corrected chi connectivity index (χ0v) is 20.6. The van der Waals surface area contributed by atoms with Crippen molar-refractivity contribution in [2.45, 2.75) is 62.9 Å². The molecule has 0 aromatic carbocycles. The highest BCUT2D eigenvalue weighted by atomic mass is 28.4. The van der Waals surface area contributed by atoms with E-state index in [1.807, 2.05) is 4.57 Å². The fourth-order valence-electron chi connectivity index (χ4n) is 4.60. The Morgan fingerprint density at radius 2 is 1.97 bits per heavy atom. The second-order valence-electron chi connectivity index (χ2n) is 10.6. The lowest BCUT2D eigenvalue weighted by molar-refractivity contribution is -0.181. The summed E-state index contributed by atoms with van der Waals surface area (Å²) < 4.78 is 27.7. The van der Waals surface area contributed by atoms with Gasteiger partial charge in [-0.3, -0.25) is 9.47 Å². The van der Waals surface area contributed by atoms with Crippen molar-refractivity contribution in [1.29, 1.82) is 0 Å². The molecule has 32 heavy (non-hydrogen) atoms. The number of nitrogens with zero attached hydrogens (tertiary/aromatic N) is 5. The third kappa shape index (κ3) is 3.55. The number of hydrogen-bond donors (Lipinski definition) is 1. The molecule has 3 aliphatic heterocycles. The van der Waals surface area contributed by atoms with Gasteiger partial charge in [0.1, 0.15) is 29.7 Å². The molecule has 2 aromatic heterocycles. The molecule has 0 saturated carbocycles. The SMILES string of the molecule is CC(C)(C)[Si](C)(C)OC1C2OC[C@]1(CN1CCOCC1)O[C@H]2n1cnc2c(N)ncnc21. The molecule has 176 valence electrons. The van der Waals surface area contributed by atoms with E-state index in [1.54, 1.807) is 6.33 Å². The fourth-order valence-corrected chi connectivity index (χ4v) is 5.93. The van der Waals surface area contributed by atoms with Crippen molar-refractivity contribution in [3.8, 4) is 0 Å². The highest BCUT2D eigenvalue weighted by Crippen LogP contribution is 2.50. The first-order valence-electron chi connectivity index (χ1n) is 11.3. The molecule has 3 fully saturated rings. The quantitative estimate of drug-likeness (QED) is 0.665. The van der Waals surface area contributed by atoms with Gasteiger partial charge in [-0.1, -0.05) is 20.8 Å². The second kappa shape index (κ2) is 7.71. The first-order chi connectivity index (χ1) is 15.1. The minimum absolute atomic E-state index is 0.0774. The van der Waals surface area contributed by atoms with E-state index in [2.05, 4.69) is 53.7 Å². The molecule has 0 aliphatic carbocycles. The van der Waals surface area contributed by atoms with Crippen LogP contribution in [0.15, 0.2) is 12.7 Å². The van der Waals surface area contributed by atoms with Crippen LogP contribution in [-0.2, 0) is 18.6 Å². The highest BCUT2D eigenvalue weighted by Gasteiger charge is 2.65. The summed E-state index contributed by atoms with van der Waals surface area (Å²) in [5, 5.41) is 0.0774. The van der Waals surface area contributed by atoms with Gasteiger partial charge in [-0.2, -0.15) is 0 Å². The third-order valence-corrected chi connectivity index (χ3v) is 11.9. The molecule has 11 heteroatoms. The van der Waals surface area contributed by atoms with Gasteiger partial charge in [0, 0.05) is 19.6 Å². The summed E-state index contributed by atoms with van der Waals surface area (Å²) >= 11 is 0. The second-order valence-corrected chi connectivity index (χ2v) is 15.4. The number of anilines is 1. The average Bonchev–Trinajstić information content (AvgIpc) is 3.38. The zero-order chi connectivity index (χ0) is 22.7. The molecule has 0 amide bonds. The Morgan fingerprint density at radius 1 is 1.22 bits per heavy atom. The van der Waals surface area contributed by atoms with Gasteiger partial charge in [0.2, 0.25) is 0 Å². The van der Waals surface area contributed by atoms with Crippen molar-refractivity contribution >= 4 is 25.3 Å². The number of hydrogen-bond acceptors (Lipinski definition) is 9. The van der Waals surface area contributed by atoms with Crippen molar-refractivity contribution in [3.05, 3.63) is 12.7 Å². The van der Waals surface area contributed by atoms with E-state index in [-0.39, 0.29) is 23.5 Å². The van der Waals surface area contributed by atoms with E-state index in [9.17, 15) is 0 Å². The maximum Gasteiger partial charge on any atom is 0.192 e. The molecular weight excluding hydrogens is 428 g/mol. The molecule has 2 N–H and O–H groups in total. The van der Waals surface area contributed by atoms with E-state index >= 15 is 0 Å². The zero-order valence-electron chi connectivity index (χ0n) is 19.6. The normalized spacial score (nSPS) is 31.6. The summed E-state index contributed by atoms with van der Waals surface area (Å²) in [5.41, 5.74) is 6.67. The minimum Gasteiger partial charge on any atom is -0.408 e. The van der Waals surface area contributed by atoms with Crippen molar-refractivity contribution in [2.24, 2.45) is 0 Å². The van der Waals surface area contributed by atoms with Crippen LogP contribution in [0, 0.1) is 0 Å². The first kappa shape index (κ1) is 22.2. The lowest BCUT2D eigenvalue weighted by Gasteiger charge is -2.42. The lowest BCUT2D eigenvalue weighted by Crippen LogP contribution is -2.57. The third-order valence-electron chi connectivity index (χ3n) is 7.46. The number of nitrogen functional groups attached to an aromatic ring is 1. The smallest absolute Gasteiger partial charge is 0.192 e. The molecule has 2 aromatic rings. The monoisotopic (exact) mass is 462 g/mol. The van der Waals surface area contributed by atoms with Gasteiger partial charge < -0.3 is 24.4 Å². The van der Waals surface area contributed by atoms with Crippen LogP contribution in [0.3, 0.4) is 0 Å². The molecule has 2 unspecified atom stereocenters. The number of ether oxygens (including phenoxy) is 3. The van der Waals surface area contributed by atoms with Gasteiger partial charge in [-0.25, -0.2) is 15.0 Å². The maximum atomic E-state index is 7.00. The molecule has 5 rings (SSSR count). The van der Waals surface area contributed by atoms with E-state index in [1.165, 1.54) is 6.33 Å². The molecular formula is C21H34N6O4Si. The number of morpholine rings is 1. The van der Waals surface area contributed by atoms with Gasteiger partial charge >= 0.3 is 0 Å². The first-order valence-corrected chi connectivity index (χ1v) is 14.2. The largest absolute Gasteiger partial charge is 0.408 e. The van der Waals surface area contributed by atoms with Crippen LogP contribution in [0.5, 0.6) is 0 Å². The van der Waals surface area contributed by atoms with Crippen LogP contribution in [0.25, 0.3) is 11.2 Å². The van der Waals surface area contributed by atoms with E-state index in [0.717, 1.165) is 32.8 Å². The maximum absolute atomic E-state index is 7.00. The fraction of sp³-hybridized carbons (Fsp3) is 0.762. The lowest BCUT2D eigenvalue weighted by atomic mass is 9.98. The summed E-state index contributed by atoms with van der Waals surface area (Å²) in [6.45, 7) is 15.8. The predicted molar refractivity (Wildman–Crippen MR) is 122 cm³/mol. The number of aromatic nitrogens is 4. The van der Waals surface area contributed by atoms with Crippen molar-refractivity contribution in [2.75, 3.05) is 45.2 Å². The predicted octanol–water partition coefficient (Wildman–Crippen LogP) is 1.80. The molecule has 2 bridgehead atoms. The minimum atomic E-state index is -2.08. The number of nitrogens with two attached hydrogens (primary N) is 1. The standard InChI is InChI=1S/C21H34N6O4Si/c1-20(2,3)32(4,5)31-16-15-19(27-13-25-14-17(22)23-12-24-18(14)27)30-21(16,11-29-15)10-26-6-8-28-9-7-26/h12-13,15-16,19H,6-11H2,1-5H3,(H2,22,23,24)/t15?,16?,19-,21+/m1/s1. The molecule has 4 atom stereocenters. The highest BCUT2D eigenvalue weighted by molar-refractivity contribution is 6.74. The Balaban J connectivity index is 1.51. The van der Waals surface area contributed by atoms with Crippen LogP contribution in [0.2, 0.25) is 18.1 Å². The van der Waals surface area contributed by atoms with Crippen LogP contribution in [0.4, 0.5) is 5.82 Å². The van der Waals surface area contributed by atoms with Crippen molar-refractivity contribution < 1.29 is 18.6 Å². The van der Waals surface area contributed by atoms with Gasteiger partial charge in [-0.05, 0) is 18.1 Å². The van der Waals surface area contributed by atoms with Crippen molar-refractivity contribution in [1.82, 2.24) is 24.4 Å². The summed E-state index contributed by atoms with van der Waals surface area (Å²) in [5.74, 6) is 0.356. The Labute approximate surface area is 189 Å². The molecule has 0 radical (unpaired) electrons. The number of imidazole rings is 1. The molecule has 3 saturated heterocycles. The Morgan fingerprint density at radius 3 is 2.69 bits per heavy atom. The Bertz CT molecular complexity index is 988. The van der Waals surface area contributed by atoms with Crippen molar-refractivity contribution in [3.63, 3.8) is 0 Å². The molecule has 0 spiro atoms. The van der Waals surface area contributed by atoms with Gasteiger partial charge in [0.15, 0.2) is 26.0 Å². The molecule has 3 aliphatic rings. The van der Waals surface area contributed by atoms with Gasteiger partial charge in [-0.15, -0.1) is 0 Å². The summed E-state index contributed by atoms with van der Waals surface area (Å²) in [6, 6.07) is 0. The Kier molecular flexibility index (Phi) is 5.34. The summed E-state index contributed by atoms with van der Waals surface area (Å²) in [7, 11) is -2.08. The topological polar surface area (TPSA) is 110 Å². The van der Waals surface area contributed by atoms with E-state index in [4.69, 9.17) is 24.4 Å². The number of fused-ring (bicyclic) bond motifs is 3. The number of rotatable bonds is 5. The van der Waals surface area contributed by atoms with Crippen LogP contribution in [-0.4, -0.2) is 90.0 Å². The van der Waals surface area contributed by atoms with Crippen LogP contribution in [0.1, 0.15) is 27.0 Å². The van der Waals surface area contributed by atoms with E-state index in [0.29, 0.717) is 23.6 Å².